The Morgan fingerprint density at radius 2 is 1.88 bits per heavy atom. The standard InChI is InChI=1S/C5H9BrF2/c1-4(2)5(7,8)3-6/h4H,3H2,1-2H3. The third kappa shape index (κ3) is 2.07. The van der Waals surface area contributed by atoms with E-state index in [1.807, 2.05) is 0 Å². The molecule has 3 heteroatoms. The molecular weight excluding hydrogens is 178 g/mol. The largest absolute Gasteiger partial charge is 0.259 e. The third-order valence-corrected chi connectivity index (χ3v) is 1.77. The van der Waals surface area contributed by atoms with Crippen molar-refractivity contribution < 1.29 is 8.78 Å². The van der Waals surface area contributed by atoms with E-state index >= 15 is 0 Å². The molecule has 0 saturated carbocycles. The van der Waals surface area contributed by atoms with Gasteiger partial charge in [-0.2, -0.15) is 0 Å². The Hall–Kier alpha value is 0.340. The van der Waals surface area contributed by atoms with Gasteiger partial charge in [0.15, 0.2) is 0 Å². The van der Waals surface area contributed by atoms with Crippen molar-refractivity contribution in [3.05, 3.63) is 0 Å². The SMILES string of the molecule is CC(C)C(F)(F)CBr. The quantitative estimate of drug-likeness (QED) is 0.583. The fourth-order valence-electron chi connectivity index (χ4n) is 0.154. The number of halogens is 3. The Balaban J connectivity index is 3.71. The van der Waals surface area contributed by atoms with Crippen LogP contribution in [0, 0.1) is 5.92 Å². The molecule has 0 aliphatic rings. The summed E-state index contributed by atoms with van der Waals surface area (Å²) in [5, 5.41) is -0.238. The Morgan fingerprint density at radius 3 is 1.88 bits per heavy atom. The molecule has 0 heterocycles. The highest BCUT2D eigenvalue weighted by Gasteiger charge is 2.31. The van der Waals surface area contributed by atoms with E-state index in [1.54, 1.807) is 0 Å². The second-order valence-corrected chi connectivity index (χ2v) is 2.61. The second kappa shape index (κ2) is 2.76. The van der Waals surface area contributed by atoms with E-state index in [4.69, 9.17) is 0 Å². The van der Waals surface area contributed by atoms with E-state index in [2.05, 4.69) is 15.9 Å². The zero-order valence-corrected chi connectivity index (χ0v) is 6.50. The fourth-order valence-corrected chi connectivity index (χ4v) is 0.802. The highest BCUT2D eigenvalue weighted by molar-refractivity contribution is 9.09. The first kappa shape index (κ1) is 8.34. The zero-order valence-electron chi connectivity index (χ0n) is 4.92. The van der Waals surface area contributed by atoms with Crippen LogP contribution in [0.1, 0.15) is 13.8 Å². The maximum Gasteiger partial charge on any atom is 0.259 e. The van der Waals surface area contributed by atoms with Crippen LogP contribution in [0.4, 0.5) is 8.78 Å². The van der Waals surface area contributed by atoms with Gasteiger partial charge in [-0.05, 0) is 0 Å². The summed E-state index contributed by atoms with van der Waals surface area (Å²) in [7, 11) is 0. The van der Waals surface area contributed by atoms with Crippen molar-refractivity contribution in [1.29, 1.82) is 0 Å². The molecule has 0 fully saturated rings. The molecule has 0 radical (unpaired) electrons. The van der Waals surface area contributed by atoms with Gasteiger partial charge >= 0.3 is 0 Å². The molecule has 0 amide bonds. The van der Waals surface area contributed by atoms with Crippen molar-refractivity contribution in [3.8, 4) is 0 Å². The van der Waals surface area contributed by atoms with E-state index in [9.17, 15) is 8.78 Å². The summed E-state index contributed by atoms with van der Waals surface area (Å²) >= 11 is 2.72. The molecule has 0 unspecified atom stereocenters. The number of rotatable bonds is 2. The van der Waals surface area contributed by atoms with Crippen LogP contribution in [0.15, 0.2) is 0 Å². The molecule has 50 valence electrons. The van der Waals surface area contributed by atoms with E-state index in [0.717, 1.165) is 0 Å². The first-order valence-corrected chi connectivity index (χ1v) is 3.56. The first-order valence-electron chi connectivity index (χ1n) is 2.44. The van der Waals surface area contributed by atoms with Crippen LogP contribution in [-0.4, -0.2) is 11.3 Å². The van der Waals surface area contributed by atoms with Crippen LogP contribution < -0.4 is 0 Å². The molecule has 0 N–H and O–H groups in total. The van der Waals surface area contributed by atoms with Crippen molar-refractivity contribution >= 4 is 15.9 Å². The molecule has 0 spiro atoms. The summed E-state index contributed by atoms with van der Waals surface area (Å²) in [5.74, 6) is -3.11. The van der Waals surface area contributed by atoms with E-state index in [-0.39, 0.29) is 5.33 Å². The predicted molar refractivity (Wildman–Crippen MR) is 33.6 cm³/mol. The van der Waals surface area contributed by atoms with Crippen molar-refractivity contribution in [2.75, 3.05) is 5.33 Å². The van der Waals surface area contributed by atoms with Crippen molar-refractivity contribution in [2.45, 2.75) is 19.8 Å². The summed E-state index contributed by atoms with van der Waals surface area (Å²) < 4.78 is 24.5. The molecule has 0 aromatic carbocycles. The van der Waals surface area contributed by atoms with Crippen LogP contribution in [0.25, 0.3) is 0 Å². The highest BCUT2D eigenvalue weighted by Crippen LogP contribution is 2.25. The Morgan fingerprint density at radius 1 is 1.50 bits per heavy atom. The smallest absolute Gasteiger partial charge is 0.206 e. The first-order chi connectivity index (χ1) is 3.50. The molecule has 0 bridgehead atoms. The summed E-state index contributed by atoms with van der Waals surface area (Å²) in [5.41, 5.74) is 0. The van der Waals surface area contributed by atoms with E-state index < -0.39 is 11.8 Å². The van der Waals surface area contributed by atoms with Crippen LogP contribution in [0.3, 0.4) is 0 Å². The highest BCUT2D eigenvalue weighted by atomic mass is 79.9. The van der Waals surface area contributed by atoms with Gasteiger partial charge in [0.25, 0.3) is 5.92 Å². The molecule has 0 atom stereocenters. The monoisotopic (exact) mass is 186 g/mol. The van der Waals surface area contributed by atoms with Crippen LogP contribution in [-0.2, 0) is 0 Å². The Labute approximate surface area is 56.4 Å². The molecule has 0 rings (SSSR count). The summed E-state index contributed by atoms with van der Waals surface area (Å²) in [6.45, 7) is 3.00. The average Bonchev–Trinajstić information content (AvgIpc) is 1.67. The lowest BCUT2D eigenvalue weighted by Gasteiger charge is -2.16. The topological polar surface area (TPSA) is 0 Å². The minimum absolute atomic E-state index is 0.238. The van der Waals surface area contributed by atoms with Gasteiger partial charge in [0.1, 0.15) is 0 Å². The van der Waals surface area contributed by atoms with Crippen molar-refractivity contribution in [1.82, 2.24) is 0 Å². The van der Waals surface area contributed by atoms with Gasteiger partial charge < -0.3 is 0 Å². The fraction of sp³-hybridized carbons (Fsp3) is 1.00. The molecule has 0 aromatic rings. The number of hydrogen-bond donors (Lipinski definition) is 0. The lowest BCUT2D eigenvalue weighted by atomic mass is 10.1. The summed E-state index contributed by atoms with van der Waals surface area (Å²) in [4.78, 5) is 0. The van der Waals surface area contributed by atoms with E-state index in [1.165, 1.54) is 13.8 Å². The number of alkyl halides is 3. The Kier molecular flexibility index (Phi) is 2.88. The second-order valence-electron chi connectivity index (χ2n) is 2.05. The molecule has 0 aliphatic carbocycles. The van der Waals surface area contributed by atoms with Gasteiger partial charge in [0, 0.05) is 5.92 Å². The molecule has 8 heavy (non-hydrogen) atoms. The van der Waals surface area contributed by atoms with Gasteiger partial charge in [-0.3, -0.25) is 0 Å². The predicted octanol–water partition coefficient (Wildman–Crippen LogP) is 2.67. The maximum atomic E-state index is 12.2. The van der Waals surface area contributed by atoms with Crippen LogP contribution >= 0.6 is 15.9 Å². The molecule has 0 aromatic heterocycles. The van der Waals surface area contributed by atoms with E-state index in [0.29, 0.717) is 0 Å². The van der Waals surface area contributed by atoms with Crippen molar-refractivity contribution in [3.63, 3.8) is 0 Å². The zero-order chi connectivity index (χ0) is 6.78. The lowest BCUT2D eigenvalue weighted by Crippen LogP contribution is -2.25. The lowest BCUT2D eigenvalue weighted by molar-refractivity contribution is -0.0186. The van der Waals surface area contributed by atoms with Crippen molar-refractivity contribution in [2.24, 2.45) is 5.92 Å². The van der Waals surface area contributed by atoms with Gasteiger partial charge in [0.2, 0.25) is 0 Å². The normalized spacial score (nSPS) is 12.8. The van der Waals surface area contributed by atoms with Crippen LogP contribution in [0.2, 0.25) is 0 Å². The molecular formula is C5H9BrF2. The van der Waals surface area contributed by atoms with Gasteiger partial charge in [-0.15, -0.1) is 0 Å². The van der Waals surface area contributed by atoms with Gasteiger partial charge in [-0.25, -0.2) is 8.78 Å². The number of hydrogen-bond acceptors (Lipinski definition) is 0. The average molecular weight is 187 g/mol. The Bertz CT molecular complexity index is 70.8. The minimum Gasteiger partial charge on any atom is -0.206 e. The molecule has 0 saturated heterocycles. The summed E-state index contributed by atoms with van der Waals surface area (Å²) in [6.07, 6.45) is 0. The van der Waals surface area contributed by atoms with Gasteiger partial charge in [-0.1, -0.05) is 29.8 Å². The summed E-state index contributed by atoms with van der Waals surface area (Å²) in [6, 6.07) is 0. The molecule has 0 aliphatic heterocycles. The van der Waals surface area contributed by atoms with Crippen LogP contribution in [0.5, 0.6) is 0 Å². The van der Waals surface area contributed by atoms with Gasteiger partial charge in [0.05, 0.1) is 5.33 Å². The third-order valence-electron chi connectivity index (χ3n) is 1.02. The molecule has 0 nitrogen and oxygen atoms in total. The maximum absolute atomic E-state index is 12.2. The minimum atomic E-state index is -2.54.